The lowest BCUT2D eigenvalue weighted by molar-refractivity contribution is 0.626. The van der Waals surface area contributed by atoms with E-state index in [9.17, 15) is 0 Å². The first kappa shape index (κ1) is 9.83. The van der Waals surface area contributed by atoms with Gasteiger partial charge in [0.05, 0.1) is 5.01 Å². The molecule has 1 atom stereocenters. The summed E-state index contributed by atoms with van der Waals surface area (Å²) < 4.78 is 0. The highest BCUT2D eigenvalue weighted by molar-refractivity contribution is 7.09. The average Bonchev–Trinajstić information content (AvgIpc) is 2.51. The van der Waals surface area contributed by atoms with Crippen molar-refractivity contribution in [1.82, 2.24) is 10.3 Å². The molecule has 76 valence electrons. The van der Waals surface area contributed by atoms with Gasteiger partial charge in [-0.1, -0.05) is 11.6 Å². The maximum Gasteiger partial charge on any atom is 0.0969 e. The van der Waals surface area contributed by atoms with Crippen LogP contribution in [-0.2, 0) is 6.42 Å². The third-order valence-corrected chi connectivity index (χ3v) is 3.19. The number of nitrogens with two attached hydrogens (primary N) is 1. The van der Waals surface area contributed by atoms with Gasteiger partial charge in [0.1, 0.15) is 0 Å². The monoisotopic (exact) mass is 209 g/mol. The SMILES string of the molecule is Cc1csc(CC2=CC(N)CNC2)n1. The van der Waals surface area contributed by atoms with Crippen LogP contribution in [0.25, 0.3) is 0 Å². The summed E-state index contributed by atoms with van der Waals surface area (Å²) in [4.78, 5) is 4.44. The molecule has 3 N–H and O–H groups in total. The van der Waals surface area contributed by atoms with Gasteiger partial charge in [0.25, 0.3) is 0 Å². The molecule has 1 unspecified atom stereocenters. The first-order valence-corrected chi connectivity index (χ1v) is 5.69. The highest BCUT2D eigenvalue weighted by Crippen LogP contribution is 2.14. The van der Waals surface area contributed by atoms with Gasteiger partial charge < -0.3 is 11.1 Å². The minimum Gasteiger partial charge on any atom is -0.323 e. The lowest BCUT2D eigenvalue weighted by atomic mass is 10.1. The first-order valence-electron chi connectivity index (χ1n) is 4.81. The van der Waals surface area contributed by atoms with Crippen molar-refractivity contribution in [2.24, 2.45) is 5.73 Å². The highest BCUT2D eigenvalue weighted by atomic mass is 32.1. The summed E-state index contributed by atoms with van der Waals surface area (Å²) in [5, 5.41) is 6.57. The van der Waals surface area contributed by atoms with Crippen molar-refractivity contribution >= 4 is 11.3 Å². The van der Waals surface area contributed by atoms with Crippen molar-refractivity contribution in [1.29, 1.82) is 0 Å². The van der Waals surface area contributed by atoms with E-state index >= 15 is 0 Å². The Kier molecular flexibility index (Phi) is 2.96. The van der Waals surface area contributed by atoms with Gasteiger partial charge in [-0.05, 0) is 6.92 Å². The van der Waals surface area contributed by atoms with Gasteiger partial charge in [-0.15, -0.1) is 11.3 Å². The van der Waals surface area contributed by atoms with Crippen molar-refractivity contribution in [3.05, 3.63) is 27.7 Å². The van der Waals surface area contributed by atoms with Crippen LogP contribution in [-0.4, -0.2) is 24.1 Å². The smallest absolute Gasteiger partial charge is 0.0969 e. The van der Waals surface area contributed by atoms with Crippen molar-refractivity contribution in [3.63, 3.8) is 0 Å². The maximum atomic E-state index is 5.83. The van der Waals surface area contributed by atoms with Crippen LogP contribution in [0.4, 0.5) is 0 Å². The number of nitrogens with one attached hydrogen (secondary N) is 1. The second kappa shape index (κ2) is 4.21. The Balaban J connectivity index is 2.03. The van der Waals surface area contributed by atoms with Crippen LogP contribution in [0.2, 0.25) is 0 Å². The number of rotatable bonds is 2. The van der Waals surface area contributed by atoms with E-state index in [-0.39, 0.29) is 6.04 Å². The van der Waals surface area contributed by atoms with Crippen molar-refractivity contribution in [2.75, 3.05) is 13.1 Å². The quantitative estimate of drug-likeness (QED) is 0.710. The topological polar surface area (TPSA) is 50.9 Å². The van der Waals surface area contributed by atoms with E-state index < -0.39 is 0 Å². The molecule has 1 aliphatic rings. The largest absolute Gasteiger partial charge is 0.323 e. The predicted molar refractivity (Wildman–Crippen MR) is 59.5 cm³/mol. The van der Waals surface area contributed by atoms with Crippen LogP contribution in [0, 0.1) is 6.92 Å². The number of aryl methyl sites for hydroxylation is 1. The lowest BCUT2D eigenvalue weighted by Crippen LogP contribution is -2.38. The van der Waals surface area contributed by atoms with Crippen molar-refractivity contribution in [3.8, 4) is 0 Å². The minimum absolute atomic E-state index is 0.166. The summed E-state index contributed by atoms with van der Waals surface area (Å²) in [6.07, 6.45) is 3.10. The van der Waals surface area contributed by atoms with E-state index in [1.807, 2.05) is 6.92 Å². The van der Waals surface area contributed by atoms with E-state index in [1.165, 1.54) is 10.6 Å². The summed E-state index contributed by atoms with van der Waals surface area (Å²) in [5.41, 5.74) is 8.30. The fraction of sp³-hybridized carbons (Fsp3) is 0.500. The van der Waals surface area contributed by atoms with Crippen LogP contribution in [0.5, 0.6) is 0 Å². The number of thiazole rings is 1. The fourth-order valence-corrected chi connectivity index (χ4v) is 2.44. The Hall–Kier alpha value is -0.710. The van der Waals surface area contributed by atoms with Crippen LogP contribution < -0.4 is 11.1 Å². The Morgan fingerprint density at radius 2 is 2.57 bits per heavy atom. The molecule has 2 heterocycles. The number of aromatic nitrogens is 1. The van der Waals surface area contributed by atoms with E-state index in [4.69, 9.17) is 5.73 Å². The van der Waals surface area contributed by atoms with Crippen molar-refractivity contribution in [2.45, 2.75) is 19.4 Å². The molecule has 0 aromatic carbocycles. The molecule has 0 saturated heterocycles. The molecule has 2 rings (SSSR count). The fourth-order valence-electron chi connectivity index (χ4n) is 1.62. The number of hydrogen-bond donors (Lipinski definition) is 2. The third-order valence-electron chi connectivity index (χ3n) is 2.23. The zero-order chi connectivity index (χ0) is 9.97. The van der Waals surface area contributed by atoms with Crippen LogP contribution >= 0.6 is 11.3 Å². The Morgan fingerprint density at radius 3 is 3.21 bits per heavy atom. The Labute approximate surface area is 88.0 Å². The van der Waals surface area contributed by atoms with E-state index in [0.717, 1.165) is 25.2 Å². The van der Waals surface area contributed by atoms with Crippen LogP contribution in [0.3, 0.4) is 0 Å². The first-order chi connectivity index (χ1) is 6.74. The summed E-state index contributed by atoms with van der Waals surface area (Å²) in [5.74, 6) is 0. The Bertz CT molecular complexity index is 343. The second-order valence-corrected chi connectivity index (χ2v) is 4.62. The van der Waals surface area contributed by atoms with E-state index in [0.29, 0.717) is 0 Å². The van der Waals surface area contributed by atoms with Gasteiger partial charge in [0.2, 0.25) is 0 Å². The van der Waals surface area contributed by atoms with Gasteiger partial charge in [-0.3, -0.25) is 0 Å². The molecule has 0 radical (unpaired) electrons. The van der Waals surface area contributed by atoms with E-state index in [2.05, 4.69) is 21.8 Å². The molecular formula is C10H15N3S. The lowest BCUT2D eigenvalue weighted by Gasteiger charge is -2.18. The van der Waals surface area contributed by atoms with Crippen molar-refractivity contribution < 1.29 is 0 Å². The molecule has 1 aromatic rings. The molecule has 0 spiro atoms. The van der Waals surface area contributed by atoms with Gasteiger partial charge in [-0.2, -0.15) is 0 Å². The van der Waals surface area contributed by atoms with Gasteiger partial charge >= 0.3 is 0 Å². The number of hydrogen-bond acceptors (Lipinski definition) is 4. The molecule has 0 fully saturated rings. The predicted octanol–water partition coefficient (Wildman–Crippen LogP) is 0.851. The average molecular weight is 209 g/mol. The molecule has 3 nitrogen and oxygen atoms in total. The molecule has 1 aliphatic heterocycles. The minimum atomic E-state index is 0.166. The summed E-state index contributed by atoms with van der Waals surface area (Å²) in [6, 6.07) is 0.166. The van der Waals surface area contributed by atoms with Crippen LogP contribution in [0.15, 0.2) is 17.0 Å². The normalized spacial score (nSPS) is 22.1. The molecule has 0 bridgehead atoms. The molecular weight excluding hydrogens is 194 g/mol. The van der Waals surface area contributed by atoms with Gasteiger partial charge in [0, 0.05) is 36.6 Å². The Morgan fingerprint density at radius 1 is 1.71 bits per heavy atom. The standard InChI is InChI=1S/C10H15N3S/c1-7-6-14-10(13-7)3-8-2-9(11)5-12-4-8/h2,6,9,12H,3-5,11H2,1H3. The molecule has 0 amide bonds. The number of nitrogens with zero attached hydrogens (tertiary/aromatic N) is 1. The molecule has 1 aromatic heterocycles. The molecule has 0 aliphatic carbocycles. The highest BCUT2D eigenvalue weighted by Gasteiger charge is 2.10. The molecule has 14 heavy (non-hydrogen) atoms. The zero-order valence-corrected chi connectivity index (χ0v) is 9.10. The molecule has 0 saturated carbocycles. The van der Waals surface area contributed by atoms with E-state index in [1.54, 1.807) is 11.3 Å². The van der Waals surface area contributed by atoms with Crippen LogP contribution in [0.1, 0.15) is 10.7 Å². The second-order valence-electron chi connectivity index (χ2n) is 3.68. The van der Waals surface area contributed by atoms with Gasteiger partial charge in [-0.25, -0.2) is 4.98 Å². The van der Waals surface area contributed by atoms with Gasteiger partial charge in [0.15, 0.2) is 0 Å². The summed E-state index contributed by atoms with van der Waals surface area (Å²) in [7, 11) is 0. The maximum absolute atomic E-state index is 5.83. The summed E-state index contributed by atoms with van der Waals surface area (Å²) >= 11 is 1.72. The molecule has 4 heteroatoms. The zero-order valence-electron chi connectivity index (χ0n) is 8.29. The third kappa shape index (κ3) is 2.41. The summed E-state index contributed by atoms with van der Waals surface area (Å²) in [6.45, 7) is 3.87.